The van der Waals surface area contributed by atoms with Crippen molar-refractivity contribution in [3.8, 4) is 17.2 Å². The normalized spacial score (nSPS) is 20.3. The van der Waals surface area contributed by atoms with Crippen molar-refractivity contribution in [1.29, 1.82) is 0 Å². The van der Waals surface area contributed by atoms with Crippen LogP contribution in [0.4, 0.5) is 0 Å². The van der Waals surface area contributed by atoms with Gasteiger partial charge in [-0.3, -0.25) is 14.4 Å². The van der Waals surface area contributed by atoms with Crippen LogP contribution < -0.4 is 14.8 Å². The van der Waals surface area contributed by atoms with Crippen LogP contribution in [0.3, 0.4) is 0 Å². The van der Waals surface area contributed by atoms with E-state index in [9.17, 15) is 19.5 Å². The molecule has 1 saturated heterocycles. The largest absolute Gasteiger partial charge is 0.493 e. The number of benzene rings is 2. The van der Waals surface area contributed by atoms with E-state index in [1.807, 2.05) is 42.5 Å². The number of aliphatic hydroxyl groups is 1. The highest BCUT2D eigenvalue weighted by molar-refractivity contribution is 5.85. The van der Waals surface area contributed by atoms with Gasteiger partial charge in [-0.25, -0.2) is 0 Å². The van der Waals surface area contributed by atoms with Crippen LogP contribution in [0.25, 0.3) is 0 Å². The number of nitrogens with one attached hydrogen (secondary N) is 1. The lowest BCUT2D eigenvalue weighted by molar-refractivity contribution is -0.141. The third kappa shape index (κ3) is 8.42. The SMILES string of the molecule is COCCCN1CC(=O)N[C@H]2CN(C(=O)CO)CC[C@H]2OCc2cccc(c2)Oc2ccc(cc2OC)CCC1=O. The molecular formula is C30H39N3O8. The van der Waals surface area contributed by atoms with E-state index in [0.717, 1.165) is 11.1 Å². The lowest BCUT2D eigenvalue weighted by atomic mass is 10.0. The van der Waals surface area contributed by atoms with Crippen LogP contribution in [0.5, 0.6) is 17.2 Å². The van der Waals surface area contributed by atoms with Gasteiger partial charge < -0.3 is 39.2 Å². The molecule has 0 aromatic heterocycles. The second kappa shape index (κ2) is 14.8. The first-order valence-electron chi connectivity index (χ1n) is 13.9. The average molecular weight is 570 g/mol. The van der Waals surface area contributed by atoms with Gasteiger partial charge in [0.2, 0.25) is 17.7 Å². The predicted octanol–water partition coefficient (Wildman–Crippen LogP) is 1.89. The molecule has 11 heteroatoms. The number of rotatable bonds is 6. The third-order valence-corrected chi connectivity index (χ3v) is 7.29. The summed E-state index contributed by atoms with van der Waals surface area (Å²) in [4.78, 5) is 41.8. The van der Waals surface area contributed by atoms with E-state index >= 15 is 0 Å². The molecule has 3 aliphatic heterocycles. The van der Waals surface area contributed by atoms with Crippen molar-refractivity contribution in [1.82, 2.24) is 15.1 Å². The van der Waals surface area contributed by atoms with Gasteiger partial charge in [-0.05, 0) is 54.7 Å². The lowest BCUT2D eigenvalue weighted by Gasteiger charge is -2.39. The van der Waals surface area contributed by atoms with Gasteiger partial charge in [0, 0.05) is 39.8 Å². The number of ether oxygens (including phenoxy) is 4. The van der Waals surface area contributed by atoms with E-state index < -0.39 is 18.6 Å². The van der Waals surface area contributed by atoms with Crippen LogP contribution in [0, 0.1) is 0 Å². The minimum absolute atomic E-state index is 0.127. The first-order valence-corrected chi connectivity index (χ1v) is 13.9. The van der Waals surface area contributed by atoms with Crippen LogP contribution >= 0.6 is 0 Å². The Morgan fingerprint density at radius 2 is 1.98 bits per heavy atom. The zero-order valence-electron chi connectivity index (χ0n) is 23.7. The van der Waals surface area contributed by atoms with Crippen LogP contribution in [-0.2, 0) is 36.9 Å². The van der Waals surface area contributed by atoms with Crippen molar-refractivity contribution in [2.75, 3.05) is 53.6 Å². The molecule has 4 bridgehead atoms. The van der Waals surface area contributed by atoms with Gasteiger partial charge in [0.25, 0.3) is 0 Å². The second-order valence-corrected chi connectivity index (χ2v) is 10.2. The molecule has 11 nitrogen and oxygen atoms in total. The van der Waals surface area contributed by atoms with Gasteiger partial charge in [-0.2, -0.15) is 0 Å². The van der Waals surface area contributed by atoms with Crippen LogP contribution in [0.2, 0.25) is 0 Å². The summed E-state index contributed by atoms with van der Waals surface area (Å²) in [5, 5.41) is 12.4. The Hall–Kier alpha value is -3.67. The standard InChI is InChI=1S/C30H39N3O8/c1-38-14-4-12-32-18-28(35)31-24-17-33(30(37)19-34)13-11-25(24)40-20-22-5-3-6-23(15-22)41-26-9-7-21(8-10-29(32)36)16-27(26)39-2/h3,5-7,9,15-16,24-25,34H,4,8,10-14,17-20H2,1-2H3,(H,31,35)/t24-,25+/m0/s1. The Balaban J connectivity index is 1.61. The molecule has 2 aromatic carbocycles. The second-order valence-electron chi connectivity index (χ2n) is 10.2. The molecule has 2 aromatic rings. The van der Waals surface area contributed by atoms with Gasteiger partial charge in [0.1, 0.15) is 12.4 Å². The van der Waals surface area contributed by atoms with E-state index in [2.05, 4.69) is 5.32 Å². The quantitative estimate of drug-likeness (QED) is 0.505. The van der Waals surface area contributed by atoms with Crippen molar-refractivity contribution in [3.63, 3.8) is 0 Å². The Bertz CT molecular complexity index is 1210. The van der Waals surface area contributed by atoms with Crippen LogP contribution in [0.1, 0.15) is 30.4 Å². The van der Waals surface area contributed by atoms with Crippen molar-refractivity contribution in [3.05, 3.63) is 53.6 Å². The Labute approximate surface area is 240 Å². The molecular weight excluding hydrogens is 530 g/mol. The number of nitrogens with zero attached hydrogens (tertiary/aromatic N) is 2. The molecule has 5 rings (SSSR count). The fourth-order valence-electron chi connectivity index (χ4n) is 5.10. The van der Waals surface area contributed by atoms with Gasteiger partial charge in [-0.15, -0.1) is 0 Å². The lowest BCUT2D eigenvalue weighted by Crippen LogP contribution is -2.58. The molecule has 1 fully saturated rings. The van der Waals surface area contributed by atoms with Gasteiger partial charge in [-0.1, -0.05) is 18.2 Å². The summed E-state index contributed by atoms with van der Waals surface area (Å²) in [6.45, 7) is 0.958. The van der Waals surface area contributed by atoms with Gasteiger partial charge in [0.05, 0.1) is 32.4 Å². The predicted molar refractivity (Wildman–Crippen MR) is 150 cm³/mol. The molecule has 0 saturated carbocycles. The van der Waals surface area contributed by atoms with E-state index in [-0.39, 0.29) is 44.0 Å². The molecule has 2 N–H and O–H groups in total. The topological polar surface area (TPSA) is 127 Å². The molecule has 222 valence electrons. The fraction of sp³-hybridized carbons (Fsp3) is 0.500. The highest BCUT2D eigenvalue weighted by Crippen LogP contribution is 2.33. The molecule has 0 spiro atoms. The summed E-state index contributed by atoms with van der Waals surface area (Å²) in [6, 6.07) is 12.6. The summed E-state index contributed by atoms with van der Waals surface area (Å²) in [6.07, 6.45) is 1.36. The van der Waals surface area contributed by atoms with E-state index in [0.29, 0.717) is 56.2 Å². The summed E-state index contributed by atoms with van der Waals surface area (Å²) >= 11 is 0. The number of hydrogen-bond acceptors (Lipinski definition) is 8. The monoisotopic (exact) mass is 569 g/mol. The molecule has 0 unspecified atom stereocenters. The van der Waals surface area contributed by atoms with Crippen molar-refractivity contribution >= 4 is 17.7 Å². The number of piperidine rings is 1. The first kappa shape index (κ1) is 30.3. The average Bonchev–Trinajstić information content (AvgIpc) is 2.98. The minimum Gasteiger partial charge on any atom is -0.493 e. The summed E-state index contributed by atoms with van der Waals surface area (Å²) in [7, 11) is 3.17. The Kier molecular flexibility index (Phi) is 10.9. The fourth-order valence-corrected chi connectivity index (χ4v) is 5.10. The van der Waals surface area contributed by atoms with Gasteiger partial charge >= 0.3 is 0 Å². The Morgan fingerprint density at radius 3 is 2.76 bits per heavy atom. The first-order chi connectivity index (χ1) is 19.9. The van der Waals surface area contributed by atoms with E-state index in [1.54, 1.807) is 14.2 Å². The van der Waals surface area contributed by atoms with Crippen LogP contribution in [-0.4, -0.2) is 98.4 Å². The maximum Gasteiger partial charge on any atom is 0.248 e. The Morgan fingerprint density at radius 1 is 1.12 bits per heavy atom. The number of carbonyl (C=O) groups is 3. The van der Waals surface area contributed by atoms with E-state index in [1.165, 1.54) is 9.80 Å². The van der Waals surface area contributed by atoms with Crippen molar-refractivity contribution in [2.24, 2.45) is 0 Å². The number of aliphatic hydroxyl groups excluding tert-OH is 1. The van der Waals surface area contributed by atoms with E-state index in [4.69, 9.17) is 18.9 Å². The molecule has 41 heavy (non-hydrogen) atoms. The summed E-state index contributed by atoms with van der Waals surface area (Å²) in [5.41, 5.74) is 1.78. The zero-order valence-corrected chi connectivity index (χ0v) is 23.7. The maximum atomic E-state index is 13.3. The maximum absolute atomic E-state index is 13.3. The minimum atomic E-state index is -0.604. The molecule has 0 aliphatic carbocycles. The smallest absolute Gasteiger partial charge is 0.248 e. The number of amides is 3. The molecule has 2 atom stereocenters. The third-order valence-electron chi connectivity index (χ3n) is 7.29. The number of hydrogen-bond donors (Lipinski definition) is 2. The summed E-state index contributed by atoms with van der Waals surface area (Å²) in [5.74, 6) is 0.820. The number of aryl methyl sites for hydroxylation is 1. The number of methoxy groups -OCH3 is 2. The van der Waals surface area contributed by atoms with Crippen molar-refractivity contribution in [2.45, 2.75) is 44.4 Å². The van der Waals surface area contributed by atoms with Crippen molar-refractivity contribution < 1.29 is 38.4 Å². The number of likely N-dealkylation sites (tertiary alicyclic amines) is 1. The molecule has 3 heterocycles. The number of fused-ring (bicyclic) bond motifs is 9. The number of carbonyl (C=O) groups excluding carboxylic acids is 3. The zero-order chi connectivity index (χ0) is 29.2. The molecule has 0 radical (unpaired) electrons. The summed E-state index contributed by atoms with van der Waals surface area (Å²) < 4.78 is 23.1. The van der Waals surface area contributed by atoms with Crippen LogP contribution in [0.15, 0.2) is 42.5 Å². The highest BCUT2D eigenvalue weighted by Gasteiger charge is 2.33. The van der Waals surface area contributed by atoms with Gasteiger partial charge in [0.15, 0.2) is 11.5 Å². The molecule has 3 amide bonds. The molecule has 3 aliphatic rings. The highest BCUT2D eigenvalue weighted by atomic mass is 16.5.